The molecule has 1 aromatic carbocycles. The van der Waals surface area contributed by atoms with Crippen LogP contribution in [-0.2, 0) is 23.7 Å². The van der Waals surface area contributed by atoms with Gasteiger partial charge in [0.15, 0.2) is 17.8 Å². The topological polar surface area (TPSA) is 72.5 Å². The summed E-state index contributed by atoms with van der Waals surface area (Å²) in [6, 6.07) is 3.04. The summed E-state index contributed by atoms with van der Waals surface area (Å²) in [6.45, 7) is 3.54. The summed E-state index contributed by atoms with van der Waals surface area (Å²) in [6.07, 6.45) is -1.96. The molecule has 0 N–H and O–H groups in total. The molecule has 144 valence electrons. The number of fused-ring (bicyclic) bond motifs is 1. The Labute approximate surface area is 161 Å². The van der Waals surface area contributed by atoms with E-state index in [9.17, 15) is 4.79 Å². The Kier molecular flexibility index (Phi) is 5.67. The Balaban J connectivity index is 1.72. The molecule has 2 aliphatic heterocycles. The summed E-state index contributed by atoms with van der Waals surface area (Å²) in [7, 11) is 2.91. The van der Waals surface area contributed by atoms with Crippen molar-refractivity contribution in [2.75, 3.05) is 20.8 Å². The van der Waals surface area contributed by atoms with E-state index in [0.29, 0.717) is 0 Å². The van der Waals surface area contributed by atoms with E-state index in [2.05, 4.69) is 0 Å². The van der Waals surface area contributed by atoms with E-state index in [1.807, 2.05) is 0 Å². The molecule has 0 bridgehead atoms. The van der Waals surface area contributed by atoms with E-state index in [4.69, 9.17) is 51.6 Å². The summed E-state index contributed by atoms with van der Waals surface area (Å²) in [5.41, 5.74) is 0.0587. The van der Waals surface area contributed by atoms with Crippen molar-refractivity contribution in [1.82, 2.24) is 0 Å². The molecule has 1 aromatic rings. The van der Waals surface area contributed by atoms with E-state index in [-0.39, 0.29) is 28.0 Å². The fourth-order valence-corrected chi connectivity index (χ4v) is 3.58. The number of esters is 1. The molecule has 0 radical (unpaired) electrons. The Hall–Kier alpha value is -1.09. The number of halogens is 2. The molecule has 2 saturated heterocycles. The van der Waals surface area contributed by atoms with Crippen LogP contribution in [0.3, 0.4) is 0 Å². The first kappa shape index (κ1) is 19.7. The molecule has 0 saturated carbocycles. The second-order valence-electron chi connectivity index (χ2n) is 6.38. The number of carbonyl (C=O) groups is 1. The van der Waals surface area contributed by atoms with Crippen LogP contribution < -0.4 is 4.74 Å². The van der Waals surface area contributed by atoms with Crippen molar-refractivity contribution in [1.29, 1.82) is 0 Å². The van der Waals surface area contributed by atoms with Crippen LogP contribution in [0.1, 0.15) is 24.2 Å². The van der Waals surface area contributed by atoms with E-state index in [1.54, 1.807) is 19.9 Å². The zero-order valence-electron chi connectivity index (χ0n) is 14.8. The molecular weight excluding hydrogens is 387 g/mol. The second-order valence-corrected chi connectivity index (χ2v) is 7.19. The van der Waals surface area contributed by atoms with E-state index in [0.717, 1.165) is 0 Å². The molecule has 0 unspecified atom stereocenters. The molecule has 0 amide bonds. The summed E-state index contributed by atoms with van der Waals surface area (Å²) in [5, 5.41) is 0.438. The molecule has 2 aliphatic rings. The Morgan fingerprint density at radius 1 is 1.15 bits per heavy atom. The van der Waals surface area contributed by atoms with Crippen molar-refractivity contribution in [2.45, 2.75) is 44.2 Å². The number of methoxy groups -OCH3 is 2. The smallest absolute Gasteiger partial charge is 0.343 e. The lowest BCUT2D eigenvalue weighted by molar-refractivity contribution is -0.230. The van der Waals surface area contributed by atoms with Crippen LogP contribution in [0.5, 0.6) is 5.75 Å². The van der Waals surface area contributed by atoms with Gasteiger partial charge in [0.2, 0.25) is 0 Å². The first-order valence-electron chi connectivity index (χ1n) is 8.00. The van der Waals surface area contributed by atoms with Gasteiger partial charge in [0, 0.05) is 7.11 Å². The lowest BCUT2D eigenvalue weighted by Gasteiger charge is -2.23. The number of benzene rings is 1. The minimum Gasteiger partial charge on any atom is -0.494 e. The monoisotopic (exact) mass is 406 g/mol. The SMILES string of the molecule is COc1c(Cl)ccc(Cl)c1C(=O)OC[C@H]1O[C@@H](OC)[C@@H]2OC(C)(C)O[C@@H]21. The third-order valence-electron chi connectivity index (χ3n) is 4.19. The van der Waals surface area contributed by atoms with Gasteiger partial charge in [-0.1, -0.05) is 23.2 Å². The van der Waals surface area contributed by atoms with E-state index in [1.165, 1.54) is 20.3 Å². The Morgan fingerprint density at radius 2 is 1.81 bits per heavy atom. The quantitative estimate of drug-likeness (QED) is 0.695. The minimum atomic E-state index is -0.766. The van der Waals surface area contributed by atoms with E-state index >= 15 is 0 Å². The van der Waals surface area contributed by atoms with Gasteiger partial charge in [-0.05, 0) is 26.0 Å². The minimum absolute atomic E-state index is 0.0587. The summed E-state index contributed by atoms with van der Waals surface area (Å²) in [5.74, 6) is -1.28. The zero-order chi connectivity index (χ0) is 19.1. The highest BCUT2D eigenvalue weighted by Crippen LogP contribution is 2.39. The average molecular weight is 407 g/mol. The molecule has 0 aromatic heterocycles. The highest BCUT2D eigenvalue weighted by molar-refractivity contribution is 6.37. The van der Waals surface area contributed by atoms with Crippen molar-refractivity contribution in [2.24, 2.45) is 0 Å². The van der Waals surface area contributed by atoms with Crippen molar-refractivity contribution in [3.63, 3.8) is 0 Å². The van der Waals surface area contributed by atoms with Gasteiger partial charge in [0.1, 0.15) is 30.5 Å². The van der Waals surface area contributed by atoms with Crippen LogP contribution in [0.4, 0.5) is 0 Å². The van der Waals surface area contributed by atoms with Crippen molar-refractivity contribution in [3.05, 3.63) is 27.7 Å². The molecule has 0 aliphatic carbocycles. The predicted octanol–water partition coefficient (Wildman–Crippen LogP) is 3.05. The molecule has 26 heavy (non-hydrogen) atoms. The highest BCUT2D eigenvalue weighted by Gasteiger charge is 2.55. The summed E-state index contributed by atoms with van der Waals surface area (Å²) < 4.78 is 33.2. The van der Waals surface area contributed by atoms with Crippen LogP contribution in [0.25, 0.3) is 0 Å². The Bertz CT molecular complexity index is 694. The van der Waals surface area contributed by atoms with Gasteiger partial charge in [0.05, 0.1) is 17.2 Å². The highest BCUT2D eigenvalue weighted by atomic mass is 35.5. The molecule has 9 heteroatoms. The first-order valence-corrected chi connectivity index (χ1v) is 8.76. The maximum Gasteiger partial charge on any atom is 0.343 e. The zero-order valence-corrected chi connectivity index (χ0v) is 16.3. The predicted molar refractivity (Wildman–Crippen MR) is 92.8 cm³/mol. The van der Waals surface area contributed by atoms with Gasteiger partial charge in [-0.15, -0.1) is 0 Å². The number of rotatable bonds is 5. The third kappa shape index (κ3) is 3.65. The van der Waals surface area contributed by atoms with Gasteiger partial charge >= 0.3 is 5.97 Å². The van der Waals surface area contributed by atoms with Gasteiger partial charge in [-0.2, -0.15) is 0 Å². The largest absolute Gasteiger partial charge is 0.494 e. The molecule has 2 heterocycles. The van der Waals surface area contributed by atoms with Crippen LogP contribution in [0.2, 0.25) is 10.0 Å². The molecular formula is C17H20Cl2O7. The first-order chi connectivity index (χ1) is 12.3. The van der Waals surface area contributed by atoms with Crippen LogP contribution in [0.15, 0.2) is 12.1 Å². The number of carbonyl (C=O) groups excluding carboxylic acids is 1. The van der Waals surface area contributed by atoms with Crippen molar-refractivity contribution >= 4 is 29.2 Å². The number of ether oxygens (including phenoxy) is 6. The van der Waals surface area contributed by atoms with Crippen molar-refractivity contribution < 1.29 is 33.2 Å². The van der Waals surface area contributed by atoms with Gasteiger partial charge in [-0.3, -0.25) is 0 Å². The molecule has 3 rings (SSSR count). The maximum absolute atomic E-state index is 12.5. The molecule has 2 fully saturated rings. The van der Waals surface area contributed by atoms with Crippen LogP contribution in [0, 0.1) is 0 Å². The van der Waals surface area contributed by atoms with Gasteiger partial charge < -0.3 is 28.4 Å². The normalized spacial score (nSPS) is 29.5. The standard InChI is InChI=1S/C17H20Cl2O7/c1-17(2)25-13-10(24-16(22-4)14(13)26-17)7-23-15(20)11-8(18)5-6-9(19)12(11)21-3/h5-6,10,13-14,16H,7H2,1-4H3/t10-,13-,14-,16-/m1/s1. The fraction of sp³-hybridized carbons (Fsp3) is 0.588. The lowest BCUT2D eigenvalue weighted by Crippen LogP contribution is -2.33. The van der Waals surface area contributed by atoms with Gasteiger partial charge in [-0.25, -0.2) is 4.79 Å². The fourth-order valence-electron chi connectivity index (χ4n) is 3.12. The molecule has 7 nitrogen and oxygen atoms in total. The van der Waals surface area contributed by atoms with Crippen molar-refractivity contribution in [3.8, 4) is 5.75 Å². The Morgan fingerprint density at radius 3 is 2.46 bits per heavy atom. The molecule has 4 atom stereocenters. The van der Waals surface area contributed by atoms with Crippen LogP contribution in [-0.4, -0.2) is 57.2 Å². The number of hydrogen-bond donors (Lipinski definition) is 0. The second kappa shape index (κ2) is 7.50. The van der Waals surface area contributed by atoms with E-state index < -0.39 is 36.4 Å². The lowest BCUT2D eigenvalue weighted by atomic mass is 10.1. The third-order valence-corrected chi connectivity index (χ3v) is 4.80. The number of hydrogen-bond acceptors (Lipinski definition) is 7. The molecule has 0 spiro atoms. The average Bonchev–Trinajstić information content (AvgIpc) is 3.07. The summed E-state index contributed by atoms with van der Waals surface area (Å²) >= 11 is 12.2. The summed E-state index contributed by atoms with van der Waals surface area (Å²) in [4.78, 5) is 12.5. The maximum atomic E-state index is 12.5. The van der Waals surface area contributed by atoms with Gasteiger partial charge in [0.25, 0.3) is 0 Å². The van der Waals surface area contributed by atoms with Crippen LogP contribution >= 0.6 is 23.2 Å².